The average molecular weight is 384 g/mol. The van der Waals surface area contributed by atoms with Gasteiger partial charge < -0.3 is 19.7 Å². The van der Waals surface area contributed by atoms with Crippen LogP contribution >= 0.6 is 11.7 Å². The zero-order valence-corrected chi connectivity index (χ0v) is 14.5. The molecule has 0 aliphatic carbocycles. The molecule has 27 heavy (non-hydrogen) atoms. The SMILES string of the molecule is O=C(O)/C(Cc1ccc2nsnc2c1)=C(\C(=O)O)c1ccc2c(c1)OCO2. The van der Waals surface area contributed by atoms with Gasteiger partial charge in [0.2, 0.25) is 6.79 Å². The Kier molecular flexibility index (Phi) is 4.21. The predicted octanol–water partition coefficient (Wildman–Crippen LogP) is 2.59. The topological polar surface area (TPSA) is 119 Å². The second-order valence-corrected chi connectivity index (χ2v) is 6.32. The van der Waals surface area contributed by atoms with E-state index in [2.05, 4.69) is 8.75 Å². The molecule has 0 radical (unpaired) electrons. The van der Waals surface area contributed by atoms with Gasteiger partial charge in [-0.1, -0.05) is 12.1 Å². The Morgan fingerprint density at radius 3 is 2.52 bits per heavy atom. The molecule has 1 aliphatic rings. The monoisotopic (exact) mass is 384 g/mol. The molecule has 4 rings (SSSR count). The minimum atomic E-state index is -1.33. The van der Waals surface area contributed by atoms with Gasteiger partial charge >= 0.3 is 11.9 Å². The lowest BCUT2D eigenvalue weighted by Crippen LogP contribution is -2.13. The van der Waals surface area contributed by atoms with Crippen molar-refractivity contribution < 1.29 is 29.3 Å². The van der Waals surface area contributed by atoms with Crippen LogP contribution in [0.5, 0.6) is 11.5 Å². The van der Waals surface area contributed by atoms with Crippen LogP contribution in [0.15, 0.2) is 42.0 Å². The van der Waals surface area contributed by atoms with Crippen molar-refractivity contribution in [3.63, 3.8) is 0 Å². The molecular formula is C18H12N2O6S. The molecule has 0 amide bonds. The average Bonchev–Trinajstić information content (AvgIpc) is 3.28. The standard InChI is InChI=1S/C18H12N2O6S/c21-17(22)11(5-9-1-3-12-13(6-9)20-27-19-12)16(18(23)24)10-2-4-14-15(7-10)26-8-25-14/h1-4,6-7H,5,8H2,(H,21,22)(H,23,24)/b16-11-. The highest BCUT2D eigenvalue weighted by molar-refractivity contribution is 7.00. The normalized spacial score (nSPS) is 13.5. The van der Waals surface area contributed by atoms with E-state index in [0.717, 1.165) is 11.7 Å². The van der Waals surface area contributed by atoms with Crippen molar-refractivity contribution in [1.29, 1.82) is 0 Å². The number of fused-ring (bicyclic) bond motifs is 2. The number of hydrogen-bond donors (Lipinski definition) is 2. The zero-order valence-electron chi connectivity index (χ0n) is 13.7. The highest BCUT2D eigenvalue weighted by atomic mass is 32.1. The molecule has 0 fully saturated rings. The fourth-order valence-electron chi connectivity index (χ4n) is 2.89. The van der Waals surface area contributed by atoms with Gasteiger partial charge in [-0.15, -0.1) is 0 Å². The molecule has 0 atom stereocenters. The first-order valence-electron chi connectivity index (χ1n) is 7.84. The Bertz CT molecular complexity index is 1100. The van der Waals surface area contributed by atoms with E-state index in [9.17, 15) is 19.8 Å². The van der Waals surface area contributed by atoms with Crippen molar-refractivity contribution in [3.05, 3.63) is 53.1 Å². The van der Waals surface area contributed by atoms with Crippen LogP contribution < -0.4 is 9.47 Å². The van der Waals surface area contributed by atoms with Gasteiger partial charge in [-0.2, -0.15) is 8.75 Å². The first-order chi connectivity index (χ1) is 13.0. The summed E-state index contributed by atoms with van der Waals surface area (Å²) in [4.78, 5) is 23.8. The minimum absolute atomic E-state index is 0.0401. The maximum Gasteiger partial charge on any atom is 0.336 e. The van der Waals surface area contributed by atoms with E-state index in [0.29, 0.717) is 28.1 Å². The third kappa shape index (κ3) is 3.20. The molecule has 8 nitrogen and oxygen atoms in total. The highest BCUT2D eigenvalue weighted by Gasteiger charge is 2.24. The van der Waals surface area contributed by atoms with Gasteiger partial charge in [0.1, 0.15) is 11.0 Å². The molecule has 0 saturated carbocycles. The number of benzene rings is 2. The summed E-state index contributed by atoms with van der Waals surface area (Å²) in [5.41, 5.74) is 1.69. The first-order valence-corrected chi connectivity index (χ1v) is 8.57. The summed E-state index contributed by atoms with van der Waals surface area (Å²) in [5, 5.41) is 19.4. The van der Waals surface area contributed by atoms with E-state index in [1.54, 1.807) is 24.3 Å². The van der Waals surface area contributed by atoms with Crippen molar-refractivity contribution in [3.8, 4) is 11.5 Å². The molecule has 0 saturated heterocycles. The van der Waals surface area contributed by atoms with Crippen LogP contribution in [0.1, 0.15) is 11.1 Å². The Hall–Kier alpha value is -3.46. The number of rotatable bonds is 5. The second kappa shape index (κ2) is 6.69. The van der Waals surface area contributed by atoms with Gasteiger partial charge in [0.05, 0.1) is 22.9 Å². The van der Waals surface area contributed by atoms with Crippen molar-refractivity contribution in [2.45, 2.75) is 6.42 Å². The van der Waals surface area contributed by atoms with E-state index in [4.69, 9.17) is 9.47 Å². The summed E-state index contributed by atoms with van der Waals surface area (Å²) in [6, 6.07) is 9.70. The Morgan fingerprint density at radius 1 is 0.963 bits per heavy atom. The zero-order chi connectivity index (χ0) is 19.0. The van der Waals surface area contributed by atoms with Crippen molar-refractivity contribution in [2.75, 3.05) is 6.79 Å². The number of carboxylic acids is 2. The number of carboxylic acid groups (broad SMARTS) is 2. The van der Waals surface area contributed by atoms with Crippen LogP contribution in [-0.4, -0.2) is 37.7 Å². The molecule has 1 aliphatic heterocycles. The number of aliphatic carboxylic acids is 2. The van der Waals surface area contributed by atoms with Gasteiger partial charge in [0, 0.05) is 6.42 Å². The summed E-state index contributed by atoms with van der Waals surface area (Å²) in [5.74, 6) is -1.77. The number of hydrogen-bond acceptors (Lipinski definition) is 7. The summed E-state index contributed by atoms with van der Waals surface area (Å²) >= 11 is 1.06. The van der Waals surface area contributed by atoms with Gasteiger partial charge in [0.15, 0.2) is 11.5 Å². The maximum absolute atomic E-state index is 11.9. The van der Waals surface area contributed by atoms with Crippen LogP contribution in [-0.2, 0) is 16.0 Å². The van der Waals surface area contributed by atoms with Crippen LogP contribution in [0.3, 0.4) is 0 Å². The van der Waals surface area contributed by atoms with E-state index >= 15 is 0 Å². The number of nitrogens with zero attached hydrogens (tertiary/aromatic N) is 2. The molecule has 0 spiro atoms. The molecule has 0 bridgehead atoms. The summed E-state index contributed by atoms with van der Waals surface area (Å²) < 4.78 is 18.7. The predicted molar refractivity (Wildman–Crippen MR) is 95.9 cm³/mol. The third-order valence-electron chi connectivity index (χ3n) is 4.13. The Labute approximate surface area is 156 Å². The Morgan fingerprint density at radius 2 is 1.74 bits per heavy atom. The number of carbonyl (C=O) groups is 2. The smallest absolute Gasteiger partial charge is 0.336 e. The van der Waals surface area contributed by atoms with Gasteiger partial charge in [-0.05, 0) is 35.4 Å². The first kappa shape index (κ1) is 17.0. The largest absolute Gasteiger partial charge is 0.478 e. The molecule has 2 N–H and O–H groups in total. The molecule has 1 aromatic heterocycles. The highest BCUT2D eigenvalue weighted by Crippen LogP contribution is 2.35. The summed E-state index contributed by atoms with van der Waals surface area (Å²) in [6.07, 6.45) is -0.0706. The van der Waals surface area contributed by atoms with Crippen molar-refractivity contribution in [1.82, 2.24) is 8.75 Å². The van der Waals surface area contributed by atoms with Crippen molar-refractivity contribution >= 4 is 40.3 Å². The van der Waals surface area contributed by atoms with Crippen LogP contribution in [0, 0.1) is 0 Å². The van der Waals surface area contributed by atoms with E-state index in [1.165, 1.54) is 12.1 Å². The van der Waals surface area contributed by atoms with E-state index in [1.807, 2.05) is 0 Å². The van der Waals surface area contributed by atoms with Crippen molar-refractivity contribution in [2.24, 2.45) is 0 Å². The molecule has 9 heteroatoms. The van der Waals surface area contributed by atoms with Crippen LogP contribution in [0.25, 0.3) is 16.6 Å². The molecule has 136 valence electrons. The maximum atomic E-state index is 11.9. The second-order valence-electron chi connectivity index (χ2n) is 5.80. The lowest BCUT2D eigenvalue weighted by Gasteiger charge is -2.10. The van der Waals surface area contributed by atoms with Crippen LogP contribution in [0.2, 0.25) is 0 Å². The van der Waals surface area contributed by atoms with Gasteiger partial charge in [0.25, 0.3) is 0 Å². The molecule has 3 aromatic rings. The summed E-state index contributed by atoms with van der Waals surface area (Å²) in [7, 11) is 0. The Balaban J connectivity index is 1.80. The fourth-order valence-corrected chi connectivity index (χ4v) is 3.41. The van der Waals surface area contributed by atoms with E-state index in [-0.39, 0.29) is 29.9 Å². The van der Waals surface area contributed by atoms with E-state index < -0.39 is 11.9 Å². The van der Waals surface area contributed by atoms with Gasteiger partial charge in [-0.3, -0.25) is 0 Å². The fraction of sp³-hybridized carbons (Fsp3) is 0.111. The number of aromatic nitrogens is 2. The lowest BCUT2D eigenvalue weighted by molar-refractivity contribution is -0.134. The molecule has 0 unspecified atom stereocenters. The summed E-state index contributed by atoms with van der Waals surface area (Å²) in [6.45, 7) is 0.0401. The molecule has 2 aromatic carbocycles. The lowest BCUT2D eigenvalue weighted by atomic mass is 9.94. The quantitative estimate of drug-likeness (QED) is 0.644. The van der Waals surface area contributed by atoms with Gasteiger partial charge in [-0.25, -0.2) is 9.59 Å². The third-order valence-corrected chi connectivity index (χ3v) is 4.69. The number of ether oxygens (including phenoxy) is 2. The minimum Gasteiger partial charge on any atom is -0.478 e. The molecule has 2 heterocycles. The van der Waals surface area contributed by atoms with Crippen LogP contribution in [0.4, 0.5) is 0 Å². The molecular weight excluding hydrogens is 372 g/mol.